The van der Waals surface area contributed by atoms with Gasteiger partial charge in [0.2, 0.25) is 5.91 Å². The number of hydrogen-bond acceptors (Lipinski definition) is 3. The summed E-state index contributed by atoms with van der Waals surface area (Å²) in [5.41, 5.74) is 2.47. The first-order valence-electron chi connectivity index (χ1n) is 8.07. The maximum absolute atomic E-state index is 12.7. The van der Waals surface area contributed by atoms with Gasteiger partial charge < -0.3 is 19.9 Å². The van der Waals surface area contributed by atoms with E-state index >= 15 is 0 Å². The van der Waals surface area contributed by atoms with Gasteiger partial charge in [0.15, 0.2) is 0 Å². The van der Waals surface area contributed by atoms with Crippen molar-refractivity contribution in [2.75, 3.05) is 17.7 Å². The lowest BCUT2D eigenvalue weighted by Gasteiger charge is -2.13. The van der Waals surface area contributed by atoms with Crippen molar-refractivity contribution in [3.8, 4) is 11.4 Å². The van der Waals surface area contributed by atoms with Crippen LogP contribution in [-0.2, 0) is 4.79 Å². The second-order valence-corrected chi connectivity index (χ2v) is 5.69. The standard InChI is InChI=1S/C20H19N3O3/c1-14(24)21-16-8-9-19(26-2)18(13-16)22-20(25)15-6-5-7-17(12-15)23-10-3-4-11-23/h3-13H,1-2H3,(H,21,24)(H,22,25). The summed E-state index contributed by atoms with van der Waals surface area (Å²) < 4.78 is 7.22. The Hall–Kier alpha value is -3.54. The van der Waals surface area contributed by atoms with Gasteiger partial charge in [0.05, 0.1) is 12.8 Å². The van der Waals surface area contributed by atoms with Crippen molar-refractivity contribution in [2.24, 2.45) is 0 Å². The zero-order valence-electron chi connectivity index (χ0n) is 14.5. The molecule has 0 saturated heterocycles. The van der Waals surface area contributed by atoms with Crippen molar-refractivity contribution in [2.45, 2.75) is 6.92 Å². The highest BCUT2D eigenvalue weighted by Crippen LogP contribution is 2.28. The van der Waals surface area contributed by atoms with Crippen molar-refractivity contribution in [1.82, 2.24) is 4.57 Å². The molecule has 0 aliphatic carbocycles. The molecule has 1 heterocycles. The second-order valence-electron chi connectivity index (χ2n) is 5.69. The Morgan fingerprint density at radius 1 is 0.962 bits per heavy atom. The molecule has 0 unspecified atom stereocenters. The van der Waals surface area contributed by atoms with Crippen LogP contribution in [0.5, 0.6) is 5.75 Å². The SMILES string of the molecule is COc1ccc(NC(C)=O)cc1NC(=O)c1cccc(-n2cccc2)c1. The van der Waals surface area contributed by atoms with E-state index in [0.29, 0.717) is 22.7 Å². The van der Waals surface area contributed by atoms with Crippen LogP contribution in [0.3, 0.4) is 0 Å². The molecule has 3 rings (SSSR count). The molecule has 2 N–H and O–H groups in total. The van der Waals surface area contributed by atoms with Crippen LogP contribution in [0.15, 0.2) is 67.0 Å². The highest BCUT2D eigenvalue weighted by molar-refractivity contribution is 6.05. The molecule has 0 spiro atoms. The number of anilines is 2. The summed E-state index contributed by atoms with van der Waals surface area (Å²) in [4.78, 5) is 23.9. The van der Waals surface area contributed by atoms with Gasteiger partial charge in [-0.15, -0.1) is 0 Å². The van der Waals surface area contributed by atoms with E-state index in [1.165, 1.54) is 14.0 Å². The maximum Gasteiger partial charge on any atom is 0.255 e. The number of aromatic nitrogens is 1. The molecule has 0 aliphatic rings. The van der Waals surface area contributed by atoms with Crippen LogP contribution in [0.4, 0.5) is 11.4 Å². The van der Waals surface area contributed by atoms with Crippen LogP contribution in [0.1, 0.15) is 17.3 Å². The quantitative estimate of drug-likeness (QED) is 0.738. The molecule has 26 heavy (non-hydrogen) atoms. The molecule has 2 amide bonds. The lowest BCUT2D eigenvalue weighted by Crippen LogP contribution is -2.14. The Balaban J connectivity index is 1.85. The third-order valence-electron chi connectivity index (χ3n) is 3.78. The van der Waals surface area contributed by atoms with Crippen molar-refractivity contribution in [3.05, 3.63) is 72.6 Å². The number of methoxy groups -OCH3 is 1. The van der Waals surface area contributed by atoms with Gasteiger partial charge in [-0.1, -0.05) is 6.07 Å². The molecule has 6 heteroatoms. The van der Waals surface area contributed by atoms with Gasteiger partial charge in [0.25, 0.3) is 5.91 Å². The number of carbonyl (C=O) groups is 2. The minimum absolute atomic E-state index is 0.188. The molecule has 2 aromatic carbocycles. The van der Waals surface area contributed by atoms with Gasteiger partial charge in [-0.05, 0) is 48.5 Å². The smallest absolute Gasteiger partial charge is 0.255 e. The molecule has 0 fully saturated rings. The summed E-state index contributed by atoms with van der Waals surface area (Å²) in [6.45, 7) is 1.43. The van der Waals surface area contributed by atoms with Gasteiger partial charge in [-0.2, -0.15) is 0 Å². The lowest BCUT2D eigenvalue weighted by molar-refractivity contribution is -0.114. The molecule has 0 aliphatic heterocycles. The zero-order chi connectivity index (χ0) is 18.5. The number of hydrogen-bond donors (Lipinski definition) is 2. The Kier molecular flexibility index (Phi) is 5.03. The highest BCUT2D eigenvalue weighted by atomic mass is 16.5. The van der Waals surface area contributed by atoms with E-state index in [0.717, 1.165) is 5.69 Å². The third kappa shape index (κ3) is 3.92. The monoisotopic (exact) mass is 349 g/mol. The molecule has 0 bridgehead atoms. The van der Waals surface area contributed by atoms with Gasteiger partial charge in [-0.25, -0.2) is 0 Å². The first-order chi connectivity index (χ1) is 12.6. The number of nitrogens with one attached hydrogen (secondary N) is 2. The average Bonchev–Trinajstić information content (AvgIpc) is 3.16. The largest absolute Gasteiger partial charge is 0.495 e. The van der Waals surface area contributed by atoms with Gasteiger partial charge in [0.1, 0.15) is 5.75 Å². The predicted molar refractivity (Wildman–Crippen MR) is 101 cm³/mol. The van der Waals surface area contributed by atoms with E-state index in [1.807, 2.05) is 41.2 Å². The van der Waals surface area contributed by atoms with Crippen molar-refractivity contribution in [1.29, 1.82) is 0 Å². The van der Waals surface area contributed by atoms with Gasteiger partial charge in [0, 0.05) is 36.3 Å². The van der Waals surface area contributed by atoms with Crippen LogP contribution >= 0.6 is 0 Å². The summed E-state index contributed by atoms with van der Waals surface area (Å²) in [6.07, 6.45) is 3.83. The summed E-state index contributed by atoms with van der Waals surface area (Å²) in [5, 5.41) is 5.53. The Morgan fingerprint density at radius 2 is 1.73 bits per heavy atom. The summed E-state index contributed by atoms with van der Waals surface area (Å²) in [6, 6.07) is 16.2. The Bertz CT molecular complexity index is 933. The first kappa shape index (κ1) is 17.3. The van der Waals surface area contributed by atoms with Gasteiger partial charge in [-0.3, -0.25) is 9.59 Å². The average molecular weight is 349 g/mol. The molecular weight excluding hydrogens is 330 g/mol. The van der Waals surface area contributed by atoms with Crippen LogP contribution in [0, 0.1) is 0 Å². The van der Waals surface area contributed by atoms with Crippen molar-refractivity contribution < 1.29 is 14.3 Å². The van der Waals surface area contributed by atoms with Crippen LogP contribution < -0.4 is 15.4 Å². The molecule has 1 aromatic heterocycles. The summed E-state index contributed by atoms with van der Waals surface area (Å²) in [7, 11) is 1.52. The van der Waals surface area contributed by atoms with E-state index in [4.69, 9.17) is 4.74 Å². The van der Waals surface area contributed by atoms with Crippen LogP contribution in [0.2, 0.25) is 0 Å². The molecule has 6 nitrogen and oxygen atoms in total. The maximum atomic E-state index is 12.7. The zero-order valence-corrected chi connectivity index (χ0v) is 14.5. The third-order valence-corrected chi connectivity index (χ3v) is 3.78. The van der Waals surface area contributed by atoms with E-state index < -0.39 is 0 Å². The number of carbonyl (C=O) groups excluding carboxylic acids is 2. The lowest BCUT2D eigenvalue weighted by atomic mass is 10.1. The van der Waals surface area contributed by atoms with E-state index in [-0.39, 0.29) is 11.8 Å². The minimum atomic E-state index is -0.266. The number of nitrogens with zero attached hydrogens (tertiary/aromatic N) is 1. The number of benzene rings is 2. The first-order valence-corrected chi connectivity index (χ1v) is 8.07. The predicted octanol–water partition coefficient (Wildman–Crippen LogP) is 3.70. The second kappa shape index (κ2) is 7.57. The summed E-state index contributed by atoms with van der Waals surface area (Å²) >= 11 is 0. The summed E-state index contributed by atoms with van der Waals surface area (Å²) in [5.74, 6) is 0.0539. The highest BCUT2D eigenvalue weighted by Gasteiger charge is 2.12. The minimum Gasteiger partial charge on any atom is -0.495 e. The van der Waals surface area contributed by atoms with E-state index in [9.17, 15) is 9.59 Å². The fraction of sp³-hybridized carbons (Fsp3) is 0.100. The van der Waals surface area contributed by atoms with Gasteiger partial charge >= 0.3 is 0 Å². The van der Waals surface area contributed by atoms with E-state index in [1.54, 1.807) is 30.3 Å². The Labute approximate surface area is 151 Å². The number of ether oxygens (including phenoxy) is 1. The van der Waals surface area contributed by atoms with Crippen molar-refractivity contribution >= 4 is 23.2 Å². The molecule has 0 atom stereocenters. The number of amides is 2. The van der Waals surface area contributed by atoms with E-state index in [2.05, 4.69) is 10.6 Å². The number of rotatable bonds is 5. The fourth-order valence-electron chi connectivity index (χ4n) is 2.60. The molecule has 0 radical (unpaired) electrons. The van der Waals surface area contributed by atoms with Crippen molar-refractivity contribution in [3.63, 3.8) is 0 Å². The molecule has 132 valence electrons. The molecule has 3 aromatic rings. The van der Waals surface area contributed by atoms with Crippen LogP contribution in [0.25, 0.3) is 5.69 Å². The van der Waals surface area contributed by atoms with Crippen LogP contribution in [-0.4, -0.2) is 23.5 Å². The normalized spacial score (nSPS) is 10.2. The Morgan fingerprint density at radius 3 is 2.42 bits per heavy atom. The topological polar surface area (TPSA) is 72.4 Å². The fourth-order valence-corrected chi connectivity index (χ4v) is 2.60. The molecule has 0 saturated carbocycles. The molecular formula is C20H19N3O3.